The van der Waals surface area contributed by atoms with Crippen LogP contribution < -0.4 is 63.5 Å². The fourth-order valence-electron chi connectivity index (χ4n) is 13.0. The Bertz CT molecular complexity index is 4330. The first-order valence-electron chi connectivity index (χ1n) is 34.0. The second-order valence-corrected chi connectivity index (χ2v) is 26.0. The smallest absolute Gasteiger partial charge is 0.332 e. The highest BCUT2D eigenvalue weighted by atomic mass is 16.6. The van der Waals surface area contributed by atoms with Gasteiger partial charge in [-0.05, 0) is 98.5 Å². The molecule has 28 nitrogen and oxygen atoms in total. The van der Waals surface area contributed by atoms with E-state index >= 15 is 0 Å². The highest BCUT2D eigenvalue weighted by Crippen LogP contribution is 2.44. The number of carbonyl (C=O) groups excluding carboxylic acids is 8. The lowest BCUT2D eigenvalue weighted by Crippen LogP contribution is -2.55. The summed E-state index contributed by atoms with van der Waals surface area (Å²) in [4.78, 5) is 136. The first-order valence-corrected chi connectivity index (χ1v) is 34.0. The summed E-state index contributed by atoms with van der Waals surface area (Å²) in [5.41, 5.74) is 14.8. The molecule has 1 aliphatic carbocycles. The number of carbonyl (C=O) groups is 8. The standard InChI is InChI=1S/C73H86N16O12/c1-72(81-30-10-13-48-16-21-59(99-3)58(38-48)88-34-27-65(95)89(71(88)98)45-79-61(91)23-22-60(75)90)28-35-86(36-29-72)51-25-32-87(33-26-51)70-83-56-20-17-49(55-43-85(2)69(97)66-53(55)24-31-76-66)39-54(56)67(84-70)73(101-52-18-19-52,50-14-8-5-9-15-50)44-100-46-80-63(93)41-78-68(96)57(37-47-11-6-4-7-12-47)82-64(94)42-77-62(92)40-74/h4-9,11-12,14-17,20-21,24,31,38-39,43,51-52,57,76,81H,18-19,22-23,25-30,32-37,40-42,44-46,74H2,1-3H3,(H2,75,90)(H,77,92)(H,78,96)(H,79,91)(H,80,93)(H,82,94)/t57-,73-/m0/s1. The number of hydrogen-bond acceptors (Lipinski definition) is 18. The number of likely N-dealkylation sites (tertiary alicyclic amines) is 1. The van der Waals surface area contributed by atoms with Gasteiger partial charge in [0, 0.05) is 111 Å². The average molecular weight is 1380 g/mol. The fraction of sp³-hybridized carbons (Fsp3) is 0.411. The molecule has 0 unspecified atom stereocenters. The van der Waals surface area contributed by atoms with Gasteiger partial charge in [0.1, 0.15) is 30.7 Å². The number of H-pyrrole nitrogens is 1. The number of benzene rings is 4. The molecule has 3 aromatic heterocycles. The molecule has 530 valence electrons. The molecule has 3 aliphatic heterocycles. The number of anilines is 2. The molecule has 4 fully saturated rings. The monoisotopic (exact) mass is 1380 g/mol. The number of imide groups is 1. The summed E-state index contributed by atoms with van der Waals surface area (Å²) in [5, 5.41) is 18.2. The summed E-state index contributed by atoms with van der Waals surface area (Å²) in [6.45, 7) is 4.00. The van der Waals surface area contributed by atoms with Crippen LogP contribution in [0.3, 0.4) is 0 Å². The number of nitrogens with two attached hydrogens (primary N) is 2. The Morgan fingerprint density at radius 3 is 2.26 bits per heavy atom. The third kappa shape index (κ3) is 17.7. The van der Waals surface area contributed by atoms with Crippen LogP contribution in [0.2, 0.25) is 0 Å². The lowest BCUT2D eigenvalue weighted by molar-refractivity contribution is -0.131. The summed E-state index contributed by atoms with van der Waals surface area (Å²) in [6, 6.07) is 30.7. The summed E-state index contributed by atoms with van der Waals surface area (Å²) >= 11 is 0. The minimum Gasteiger partial charge on any atom is -0.495 e. The minimum atomic E-state index is -1.37. The number of nitrogens with zero attached hydrogens (tertiary/aromatic N) is 7. The molecule has 4 aromatic carbocycles. The Kier molecular flexibility index (Phi) is 23.2. The van der Waals surface area contributed by atoms with Crippen molar-refractivity contribution in [2.45, 2.75) is 100 Å². The lowest BCUT2D eigenvalue weighted by atomic mass is 9.87. The van der Waals surface area contributed by atoms with Crippen molar-refractivity contribution in [1.82, 2.24) is 61.2 Å². The van der Waals surface area contributed by atoms with Crippen LogP contribution in [-0.4, -0.2) is 186 Å². The molecule has 9 amide bonds. The van der Waals surface area contributed by atoms with Gasteiger partial charge in [0.2, 0.25) is 47.3 Å². The third-order valence-electron chi connectivity index (χ3n) is 18.9. The lowest BCUT2D eigenvalue weighted by Gasteiger charge is -2.45. The number of rotatable bonds is 29. The Morgan fingerprint density at radius 1 is 0.792 bits per heavy atom. The van der Waals surface area contributed by atoms with E-state index in [0.717, 1.165) is 84.2 Å². The van der Waals surface area contributed by atoms with Crippen molar-refractivity contribution in [2.24, 2.45) is 18.5 Å². The number of hydrogen-bond donors (Lipinski definition) is 9. The van der Waals surface area contributed by atoms with Gasteiger partial charge in [0.15, 0.2) is 5.60 Å². The van der Waals surface area contributed by atoms with Gasteiger partial charge < -0.3 is 76.9 Å². The van der Waals surface area contributed by atoms with E-state index in [1.807, 2.05) is 97.2 Å². The van der Waals surface area contributed by atoms with Crippen LogP contribution in [0.5, 0.6) is 5.75 Å². The molecule has 11 N–H and O–H groups in total. The number of pyridine rings is 1. The van der Waals surface area contributed by atoms with Gasteiger partial charge in [0.25, 0.3) is 5.56 Å². The Labute approximate surface area is 583 Å². The van der Waals surface area contributed by atoms with E-state index < -0.39 is 72.1 Å². The number of methoxy groups -OCH3 is 1. The van der Waals surface area contributed by atoms with Gasteiger partial charge in [-0.15, -0.1) is 0 Å². The van der Waals surface area contributed by atoms with Crippen LogP contribution in [0.1, 0.15) is 87.1 Å². The maximum Gasteiger partial charge on any atom is 0.332 e. The van der Waals surface area contributed by atoms with E-state index in [4.69, 9.17) is 35.6 Å². The van der Waals surface area contributed by atoms with Gasteiger partial charge in [0.05, 0.1) is 62.9 Å². The van der Waals surface area contributed by atoms with Crippen molar-refractivity contribution in [3.05, 3.63) is 148 Å². The molecule has 101 heavy (non-hydrogen) atoms. The third-order valence-corrected chi connectivity index (χ3v) is 18.9. The van der Waals surface area contributed by atoms with Crippen molar-refractivity contribution in [3.8, 4) is 28.7 Å². The quantitative estimate of drug-likeness (QED) is 0.0185. The van der Waals surface area contributed by atoms with Crippen molar-refractivity contribution >= 4 is 80.8 Å². The summed E-state index contributed by atoms with van der Waals surface area (Å²) < 4.78 is 21.0. The Morgan fingerprint density at radius 2 is 1.53 bits per heavy atom. The molecule has 2 atom stereocenters. The number of aromatic amines is 1. The molecular formula is C73H86N16O12. The van der Waals surface area contributed by atoms with Crippen molar-refractivity contribution in [2.75, 3.05) is 95.8 Å². The second kappa shape index (κ2) is 32.6. The topological polar surface area (TPSA) is 365 Å². The maximum atomic E-state index is 13.7. The maximum absolute atomic E-state index is 13.7. The number of ether oxygens (including phenoxy) is 3. The number of nitrogens with one attached hydrogen (secondary N) is 7. The summed E-state index contributed by atoms with van der Waals surface area (Å²) in [5.74, 6) is 3.53. The molecule has 0 bridgehead atoms. The van der Waals surface area contributed by atoms with E-state index in [2.05, 4.69) is 65.4 Å². The van der Waals surface area contributed by atoms with Gasteiger partial charge in [-0.2, -0.15) is 0 Å². The van der Waals surface area contributed by atoms with E-state index in [1.54, 1.807) is 29.9 Å². The van der Waals surface area contributed by atoms with E-state index in [9.17, 15) is 43.2 Å². The molecule has 6 heterocycles. The largest absolute Gasteiger partial charge is 0.495 e. The van der Waals surface area contributed by atoms with Crippen LogP contribution in [0, 0.1) is 11.8 Å². The molecule has 1 saturated carbocycles. The highest BCUT2D eigenvalue weighted by Gasteiger charge is 2.45. The number of urea groups is 1. The summed E-state index contributed by atoms with van der Waals surface area (Å²) in [6.07, 6.45) is 8.37. The van der Waals surface area contributed by atoms with Crippen LogP contribution in [0.15, 0.2) is 120 Å². The molecule has 28 heteroatoms. The Hall–Kier alpha value is -10.6. The molecule has 0 radical (unpaired) electrons. The molecule has 0 spiro atoms. The SMILES string of the molecule is COc1ccc(C#CCNC2(C)CCN(C3CCN(c4nc([C@@](COCNC(=O)CNC(=O)[C@H](Cc5ccccc5)NC(=O)CNC(=O)CN)(OC5CC5)c5ccccc5)c5cc(-c6cn(C)c(=O)c7[nH]ccc67)ccc5n4)CC3)CC2)cc1N1CCC(=O)N(CNC(=O)CCC(N)=O)C1=O. The normalized spacial score (nSPS) is 16.6. The molecular weight excluding hydrogens is 1290 g/mol. The zero-order chi connectivity index (χ0) is 71.2. The van der Waals surface area contributed by atoms with E-state index in [0.29, 0.717) is 70.7 Å². The van der Waals surface area contributed by atoms with Gasteiger partial charge in [-0.1, -0.05) is 78.6 Å². The first kappa shape index (κ1) is 71.7. The number of aromatic nitrogens is 4. The van der Waals surface area contributed by atoms with Crippen LogP contribution in [-0.2, 0) is 62.1 Å². The zero-order valence-corrected chi connectivity index (χ0v) is 56.9. The van der Waals surface area contributed by atoms with Crippen LogP contribution >= 0.6 is 0 Å². The predicted octanol–water partition coefficient (Wildman–Crippen LogP) is 2.88. The predicted molar refractivity (Wildman–Crippen MR) is 377 cm³/mol. The average Bonchev–Trinajstić information content (AvgIpc) is 1.64. The minimum absolute atomic E-state index is 0.0187. The van der Waals surface area contributed by atoms with Crippen molar-refractivity contribution in [3.63, 3.8) is 0 Å². The van der Waals surface area contributed by atoms with Crippen LogP contribution in [0.25, 0.3) is 32.9 Å². The number of primary amides is 1. The molecule has 11 rings (SSSR count). The van der Waals surface area contributed by atoms with Crippen molar-refractivity contribution in [1.29, 1.82) is 0 Å². The van der Waals surface area contributed by atoms with E-state index in [1.165, 1.54) is 12.0 Å². The fourth-order valence-corrected chi connectivity index (χ4v) is 13.0. The number of fused-ring (bicyclic) bond motifs is 2. The number of piperidine rings is 2. The molecule has 7 aromatic rings. The van der Waals surface area contributed by atoms with Gasteiger partial charge in [-0.3, -0.25) is 43.3 Å². The summed E-state index contributed by atoms with van der Waals surface area (Å²) in [7, 11) is 3.22. The Balaban J connectivity index is 0.770. The second-order valence-electron chi connectivity index (χ2n) is 26.0. The number of amides is 9. The number of aryl methyl sites for hydroxylation is 1. The molecule has 4 aliphatic rings. The van der Waals surface area contributed by atoms with Crippen molar-refractivity contribution < 1.29 is 52.6 Å². The molecule has 3 saturated heterocycles. The van der Waals surface area contributed by atoms with Gasteiger partial charge in [-0.25, -0.2) is 19.7 Å². The highest BCUT2D eigenvalue weighted by molar-refractivity contribution is 6.07. The zero-order valence-electron chi connectivity index (χ0n) is 56.9. The van der Waals surface area contributed by atoms with Gasteiger partial charge >= 0.3 is 6.03 Å². The van der Waals surface area contributed by atoms with Crippen LogP contribution in [0.4, 0.5) is 16.4 Å². The first-order chi connectivity index (χ1) is 48.8. The van der Waals surface area contributed by atoms with E-state index in [-0.39, 0.29) is 76.0 Å².